The van der Waals surface area contributed by atoms with Gasteiger partial charge in [0.2, 0.25) is 5.91 Å². The van der Waals surface area contributed by atoms with E-state index in [9.17, 15) is 4.79 Å². The minimum atomic E-state index is 0. The van der Waals surface area contributed by atoms with Gasteiger partial charge in [0.1, 0.15) is 6.54 Å². The average Bonchev–Trinajstić information content (AvgIpc) is 3.29. The average molecular weight is 494 g/mol. The van der Waals surface area contributed by atoms with Gasteiger partial charge >= 0.3 is 0 Å². The van der Waals surface area contributed by atoms with E-state index in [0.717, 1.165) is 24.6 Å². The number of aliphatic imine (C=N–C) groups is 1. The first kappa shape index (κ1) is 20.6. The van der Waals surface area contributed by atoms with E-state index in [2.05, 4.69) is 46.6 Å². The molecule has 1 amide bonds. The summed E-state index contributed by atoms with van der Waals surface area (Å²) in [7, 11) is 3.64. The third-order valence-electron chi connectivity index (χ3n) is 5.43. The molecule has 0 bridgehead atoms. The zero-order chi connectivity index (χ0) is 19.0. The minimum absolute atomic E-state index is 0. The number of hydrogen-bond acceptors (Lipinski definition) is 3. The van der Waals surface area contributed by atoms with Gasteiger partial charge in [0.05, 0.1) is 11.9 Å². The number of carbonyl (C=O) groups is 1. The Kier molecular flexibility index (Phi) is 6.26. The van der Waals surface area contributed by atoms with Crippen LogP contribution in [0.1, 0.15) is 23.5 Å². The molecule has 0 radical (unpaired) electrons. The molecule has 1 aliphatic heterocycles. The van der Waals surface area contributed by atoms with Gasteiger partial charge in [-0.25, -0.2) is 0 Å². The van der Waals surface area contributed by atoms with Crippen molar-refractivity contribution in [1.29, 1.82) is 0 Å². The monoisotopic (exact) mass is 494 g/mol. The van der Waals surface area contributed by atoms with Crippen molar-refractivity contribution in [3.05, 3.63) is 47.8 Å². The van der Waals surface area contributed by atoms with Crippen molar-refractivity contribution in [2.45, 2.75) is 25.3 Å². The third-order valence-corrected chi connectivity index (χ3v) is 5.43. The van der Waals surface area contributed by atoms with E-state index in [4.69, 9.17) is 0 Å². The number of aryl methyl sites for hydroxylation is 2. The van der Waals surface area contributed by atoms with Gasteiger partial charge in [-0.1, -0.05) is 24.3 Å². The Morgan fingerprint density at radius 2 is 2.07 bits per heavy atom. The molecule has 2 aromatic rings. The van der Waals surface area contributed by atoms with Gasteiger partial charge in [0.25, 0.3) is 0 Å². The van der Waals surface area contributed by atoms with E-state index in [1.165, 1.54) is 11.1 Å². The summed E-state index contributed by atoms with van der Waals surface area (Å²) in [5.74, 6) is 1.41. The second-order valence-electron chi connectivity index (χ2n) is 7.34. The first-order valence-corrected chi connectivity index (χ1v) is 9.39. The maximum atomic E-state index is 12.6. The molecule has 2 fully saturated rings. The van der Waals surface area contributed by atoms with Crippen molar-refractivity contribution >= 4 is 41.5 Å². The van der Waals surface area contributed by atoms with Crippen LogP contribution in [0.2, 0.25) is 0 Å². The van der Waals surface area contributed by atoms with Crippen LogP contribution in [0.15, 0.2) is 41.7 Å². The molecule has 2 atom stereocenters. The summed E-state index contributed by atoms with van der Waals surface area (Å²) >= 11 is 0. The smallest absolute Gasteiger partial charge is 0.246 e. The lowest BCUT2D eigenvalue weighted by Gasteiger charge is -2.35. The zero-order valence-corrected chi connectivity index (χ0v) is 18.8. The number of guanidine groups is 1. The van der Waals surface area contributed by atoms with Crippen molar-refractivity contribution < 1.29 is 4.79 Å². The van der Waals surface area contributed by atoms with Gasteiger partial charge in [0.15, 0.2) is 5.96 Å². The van der Waals surface area contributed by atoms with E-state index in [1.54, 1.807) is 22.8 Å². The Bertz CT molecular complexity index is 879. The summed E-state index contributed by atoms with van der Waals surface area (Å²) in [4.78, 5) is 20.9. The van der Waals surface area contributed by atoms with E-state index in [0.29, 0.717) is 25.0 Å². The first-order chi connectivity index (χ1) is 13.1. The van der Waals surface area contributed by atoms with Crippen LogP contribution >= 0.6 is 24.0 Å². The molecule has 1 aromatic heterocycles. The number of nitrogens with one attached hydrogen (secondary N) is 1. The minimum Gasteiger partial charge on any atom is -0.353 e. The molecular formula is C20H27IN6O. The van der Waals surface area contributed by atoms with E-state index < -0.39 is 0 Å². The highest BCUT2D eigenvalue weighted by molar-refractivity contribution is 14.0. The van der Waals surface area contributed by atoms with Crippen LogP contribution in [0, 0.1) is 6.92 Å². The van der Waals surface area contributed by atoms with Gasteiger partial charge in [-0.15, -0.1) is 24.0 Å². The second kappa shape index (κ2) is 8.50. The number of anilines is 1. The van der Waals surface area contributed by atoms with Gasteiger partial charge in [-0.05, 0) is 24.5 Å². The highest BCUT2D eigenvalue weighted by Gasteiger charge is 2.40. The molecule has 7 nitrogen and oxygen atoms in total. The van der Waals surface area contributed by atoms with Crippen LogP contribution in [0.4, 0.5) is 5.69 Å². The molecule has 2 heterocycles. The molecule has 0 spiro atoms. The maximum Gasteiger partial charge on any atom is 0.246 e. The fourth-order valence-electron chi connectivity index (χ4n) is 3.84. The maximum absolute atomic E-state index is 12.6. The predicted molar refractivity (Wildman–Crippen MR) is 121 cm³/mol. The summed E-state index contributed by atoms with van der Waals surface area (Å²) in [5, 5.41) is 7.72. The first-order valence-electron chi connectivity index (χ1n) is 9.39. The molecule has 2 unspecified atom stereocenters. The van der Waals surface area contributed by atoms with Crippen molar-refractivity contribution in [2.24, 2.45) is 12.0 Å². The molecule has 1 saturated heterocycles. The summed E-state index contributed by atoms with van der Waals surface area (Å²) in [6, 6.07) is 8.94. The lowest BCUT2D eigenvalue weighted by molar-refractivity contribution is -0.120. The van der Waals surface area contributed by atoms with Crippen molar-refractivity contribution in [2.75, 3.05) is 31.6 Å². The molecule has 1 saturated carbocycles. The van der Waals surface area contributed by atoms with Gasteiger partial charge in [-0.2, -0.15) is 5.10 Å². The number of hydrogen-bond donors (Lipinski definition) is 1. The summed E-state index contributed by atoms with van der Waals surface area (Å²) in [6.07, 6.45) is 4.71. The van der Waals surface area contributed by atoms with Crippen LogP contribution in [0.5, 0.6) is 0 Å². The predicted octanol–water partition coefficient (Wildman–Crippen LogP) is 2.13. The van der Waals surface area contributed by atoms with Crippen LogP contribution in [-0.4, -0.2) is 59.3 Å². The van der Waals surface area contributed by atoms with E-state index in [-0.39, 0.29) is 29.9 Å². The standard InChI is InChI=1S/C20H26N6O.HI/c1-14-6-4-5-7-16(14)17-10-18(17)23-20(21-2)25-8-9-26(19(27)13-25)15-11-22-24(3)12-15;/h4-7,11-12,17-18H,8-10,13H2,1-3H3,(H,21,23);1H. The molecule has 28 heavy (non-hydrogen) atoms. The zero-order valence-electron chi connectivity index (χ0n) is 16.5. The van der Waals surface area contributed by atoms with E-state index in [1.807, 2.05) is 18.1 Å². The molecule has 1 N–H and O–H groups in total. The number of amides is 1. The SMILES string of the molecule is CN=C(NC1CC1c1ccccc1C)N1CCN(c2cnn(C)c2)C(=O)C1.I. The Hall–Kier alpha value is -2.10. The number of halogens is 1. The van der Waals surface area contributed by atoms with Crippen LogP contribution < -0.4 is 10.2 Å². The quantitative estimate of drug-likeness (QED) is 0.404. The van der Waals surface area contributed by atoms with E-state index >= 15 is 0 Å². The van der Waals surface area contributed by atoms with Crippen LogP contribution in [-0.2, 0) is 11.8 Å². The van der Waals surface area contributed by atoms with Crippen LogP contribution in [0.25, 0.3) is 0 Å². The molecular weight excluding hydrogens is 467 g/mol. The van der Waals surface area contributed by atoms with Crippen molar-refractivity contribution in [3.8, 4) is 0 Å². The molecule has 4 rings (SSSR count). The number of benzene rings is 1. The normalized spacial score (nSPS) is 22.1. The largest absolute Gasteiger partial charge is 0.353 e. The Morgan fingerprint density at radius 1 is 1.29 bits per heavy atom. The van der Waals surface area contributed by atoms with Crippen LogP contribution in [0.3, 0.4) is 0 Å². The second-order valence-corrected chi connectivity index (χ2v) is 7.34. The number of aromatic nitrogens is 2. The Balaban J connectivity index is 0.00000225. The molecule has 1 aliphatic carbocycles. The molecule has 2 aliphatic rings. The highest BCUT2D eigenvalue weighted by Crippen LogP contribution is 2.42. The Labute approximate surface area is 182 Å². The van der Waals surface area contributed by atoms with Crippen molar-refractivity contribution in [1.82, 2.24) is 20.0 Å². The summed E-state index contributed by atoms with van der Waals surface area (Å²) in [5.41, 5.74) is 3.59. The van der Waals surface area contributed by atoms with Gasteiger partial charge < -0.3 is 15.1 Å². The fraction of sp³-hybridized carbons (Fsp3) is 0.450. The van der Waals surface area contributed by atoms with Crippen molar-refractivity contribution in [3.63, 3.8) is 0 Å². The fourth-order valence-corrected chi connectivity index (χ4v) is 3.84. The molecule has 1 aromatic carbocycles. The topological polar surface area (TPSA) is 65.8 Å². The highest BCUT2D eigenvalue weighted by atomic mass is 127. The number of nitrogens with zero attached hydrogens (tertiary/aromatic N) is 5. The molecule has 150 valence electrons. The number of piperazine rings is 1. The van der Waals surface area contributed by atoms with Gasteiger partial charge in [0, 0.05) is 45.3 Å². The summed E-state index contributed by atoms with van der Waals surface area (Å²) in [6.45, 7) is 3.88. The Morgan fingerprint density at radius 3 is 2.71 bits per heavy atom. The summed E-state index contributed by atoms with van der Waals surface area (Å²) < 4.78 is 1.72. The number of rotatable bonds is 3. The molecule has 8 heteroatoms. The third kappa shape index (κ3) is 4.16. The number of carbonyl (C=O) groups excluding carboxylic acids is 1. The lowest BCUT2D eigenvalue weighted by Crippen LogP contribution is -2.55. The van der Waals surface area contributed by atoms with Gasteiger partial charge in [-0.3, -0.25) is 14.5 Å². The lowest BCUT2D eigenvalue weighted by atomic mass is 10.0.